The monoisotopic (exact) mass is 224 g/mol. The van der Waals surface area contributed by atoms with E-state index in [0.717, 1.165) is 0 Å². The van der Waals surface area contributed by atoms with Crippen LogP contribution in [0.2, 0.25) is 0 Å². The number of urea groups is 1. The topological polar surface area (TPSA) is 98.3 Å². The van der Waals surface area contributed by atoms with Gasteiger partial charge in [0.15, 0.2) is 0 Å². The van der Waals surface area contributed by atoms with Crippen molar-refractivity contribution in [3.05, 3.63) is 18.2 Å². The van der Waals surface area contributed by atoms with Crippen LogP contribution in [0.25, 0.3) is 0 Å². The molecule has 0 bridgehead atoms. The molecule has 7 heteroatoms. The van der Waals surface area contributed by atoms with Gasteiger partial charge >= 0.3 is 12.0 Å². The molecule has 0 atom stereocenters. The number of nitrogens with one attached hydrogen (secondary N) is 2. The third-order valence-electron chi connectivity index (χ3n) is 2.48. The molecule has 3 N–H and O–H groups in total. The smallest absolute Gasteiger partial charge is 0.317 e. The minimum absolute atomic E-state index is 0.256. The molecule has 0 aliphatic carbocycles. The highest BCUT2D eigenvalue weighted by Crippen LogP contribution is 2.15. The van der Waals surface area contributed by atoms with E-state index in [4.69, 9.17) is 5.11 Å². The van der Waals surface area contributed by atoms with Gasteiger partial charge < -0.3 is 20.3 Å². The fraction of sp³-hybridized carbons (Fsp3) is 0.444. The average molecular weight is 224 g/mol. The number of imidazole rings is 1. The van der Waals surface area contributed by atoms with Gasteiger partial charge in [0.1, 0.15) is 5.82 Å². The standard InChI is InChI=1S/C9H12N4O3/c14-8(15)6-4-13(5-6)9(16)12-3-7-10-1-2-11-7/h1-2,6H,3-5H2,(H,10,11)(H,12,16)(H,14,15). The molecule has 7 nitrogen and oxygen atoms in total. The van der Waals surface area contributed by atoms with E-state index in [1.165, 1.54) is 4.90 Å². The number of carboxylic acids is 1. The van der Waals surface area contributed by atoms with E-state index in [-0.39, 0.29) is 19.1 Å². The predicted octanol–water partition coefficient (Wildman–Crippen LogP) is -0.364. The molecule has 0 saturated carbocycles. The zero-order valence-corrected chi connectivity index (χ0v) is 8.51. The molecule has 1 fully saturated rings. The maximum atomic E-state index is 11.5. The van der Waals surface area contributed by atoms with Crippen LogP contribution in [-0.4, -0.2) is 45.1 Å². The number of likely N-dealkylation sites (tertiary alicyclic amines) is 1. The lowest BCUT2D eigenvalue weighted by Crippen LogP contribution is -2.56. The summed E-state index contributed by atoms with van der Waals surface area (Å²) in [6.07, 6.45) is 3.27. The molecule has 0 aromatic carbocycles. The summed E-state index contributed by atoms with van der Waals surface area (Å²) < 4.78 is 0. The second-order valence-corrected chi connectivity index (χ2v) is 3.63. The van der Waals surface area contributed by atoms with Crippen LogP contribution in [-0.2, 0) is 11.3 Å². The molecule has 86 valence electrons. The lowest BCUT2D eigenvalue weighted by atomic mass is 10.0. The van der Waals surface area contributed by atoms with E-state index in [2.05, 4.69) is 15.3 Å². The van der Waals surface area contributed by atoms with Gasteiger partial charge in [-0.25, -0.2) is 9.78 Å². The Morgan fingerprint density at radius 1 is 1.62 bits per heavy atom. The number of hydrogen-bond donors (Lipinski definition) is 3. The number of carboxylic acid groups (broad SMARTS) is 1. The Bertz CT molecular complexity index is 383. The van der Waals surface area contributed by atoms with Gasteiger partial charge in [-0.05, 0) is 0 Å². The predicted molar refractivity (Wildman–Crippen MR) is 53.5 cm³/mol. The third kappa shape index (κ3) is 2.13. The fourth-order valence-corrected chi connectivity index (χ4v) is 1.47. The molecule has 1 aliphatic heterocycles. The highest BCUT2D eigenvalue weighted by atomic mass is 16.4. The first-order valence-corrected chi connectivity index (χ1v) is 4.90. The Morgan fingerprint density at radius 2 is 2.38 bits per heavy atom. The molecular weight excluding hydrogens is 212 g/mol. The number of aromatic amines is 1. The van der Waals surface area contributed by atoms with E-state index in [0.29, 0.717) is 12.4 Å². The van der Waals surface area contributed by atoms with Crippen molar-refractivity contribution in [3.8, 4) is 0 Å². The van der Waals surface area contributed by atoms with Crippen molar-refractivity contribution in [2.75, 3.05) is 13.1 Å². The zero-order valence-electron chi connectivity index (χ0n) is 8.51. The van der Waals surface area contributed by atoms with Crippen LogP contribution in [0.1, 0.15) is 5.82 Å². The van der Waals surface area contributed by atoms with Crippen molar-refractivity contribution in [3.63, 3.8) is 0 Å². The highest BCUT2D eigenvalue weighted by Gasteiger charge is 2.35. The van der Waals surface area contributed by atoms with Crippen LogP contribution in [0, 0.1) is 5.92 Å². The van der Waals surface area contributed by atoms with Crippen LogP contribution in [0.15, 0.2) is 12.4 Å². The van der Waals surface area contributed by atoms with Crippen LogP contribution < -0.4 is 5.32 Å². The van der Waals surface area contributed by atoms with E-state index in [1.54, 1.807) is 12.4 Å². The summed E-state index contributed by atoms with van der Waals surface area (Å²) >= 11 is 0. The quantitative estimate of drug-likeness (QED) is 0.652. The largest absolute Gasteiger partial charge is 0.481 e. The number of H-pyrrole nitrogens is 1. The lowest BCUT2D eigenvalue weighted by molar-refractivity contribution is -0.146. The number of carbonyl (C=O) groups is 2. The molecule has 0 unspecified atom stereocenters. The molecule has 1 aliphatic rings. The number of rotatable bonds is 3. The van der Waals surface area contributed by atoms with Crippen molar-refractivity contribution in [1.29, 1.82) is 0 Å². The lowest BCUT2D eigenvalue weighted by Gasteiger charge is -2.36. The third-order valence-corrected chi connectivity index (χ3v) is 2.48. The van der Waals surface area contributed by atoms with E-state index in [1.807, 2.05) is 0 Å². The fourth-order valence-electron chi connectivity index (χ4n) is 1.47. The van der Waals surface area contributed by atoms with E-state index in [9.17, 15) is 9.59 Å². The Hall–Kier alpha value is -2.05. The van der Waals surface area contributed by atoms with Gasteiger partial charge in [-0.1, -0.05) is 0 Å². The molecule has 1 aromatic rings. The molecule has 2 heterocycles. The number of amides is 2. The SMILES string of the molecule is O=C(O)C1CN(C(=O)NCc2ncc[nH]2)C1. The van der Waals surface area contributed by atoms with Gasteiger partial charge in [0.2, 0.25) is 0 Å². The van der Waals surface area contributed by atoms with Crippen LogP contribution in [0.3, 0.4) is 0 Å². The van der Waals surface area contributed by atoms with Gasteiger partial charge in [-0.3, -0.25) is 4.79 Å². The second kappa shape index (κ2) is 4.21. The van der Waals surface area contributed by atoms with Crippen molar-refractivity contribution in [1.82, 2.24) is 20.2 Å². The van der Waals surface area contributed by atoms with Crippen molar-refractivity contribution < 1.29 is 14.7 Å². The number of hydrogen-bond acceptors (Lipinski definition) is 3. The van der Waals surface area contributed by atoms with Gasteiger partial charge in [-0.15, -0.1) is 0 Å². The first-order valence-electron chi connectivity index (χ1n) is 4.90. The summed E-state index contributed by atoms with van der Waals surface area (Å²) in [5.41, 5.74) is 0. The molecule has 0 spiro atoms. The summed E-state index contributed by atoms with van der Waals surface area (Å²) in [5.74, 6) is -0.604. The first kappa shape index (κ1) is 10.5. The average Bonchev–Trinajstić information content (AvgIpc) is 2.63. The van der Waals surface area contributed by atoms with Gasteiger partial charge in [-0.2, -0.15) is 0 Å². The van der Waals surface area contributed by atoms with Crippen LogP contribution >= 0.6 is 0 Å². The molecular formula is C9H12N4O3. The highest BCUT2D eigenvalue weighted by molar-refractivity contribution is 5.79. The van der Waals surface area contributed by atoms with Crippen molar-refractivity contribution in [2.45, 2.75) is 6.54 Å². The van der Waals surface area contributed by atoms with Crippen LogP contribution in [0.4, 0.5) is 4.79 Å². The molecule has 1 aromatic heterocycles. The number of aliphatic carboxylic acids is 1. The molecule has 16 heavy (non-hydrogen) atoms. The minimum atomic E-state index is -0.852. The summed E-state index contributed by atoms with van der Waals surface area (Å²) in [7, 11) is 0. The summed E-state index contributed by atoms with van der Waals surface area (Å²) in [6, 6.07) is -0.256. The zero-order chi connectivity index (χ0) is 11.5. The van der Waals surface area contributed by atoms with Gasteiger partial charge in [0, 0.05) is 25.5 Å². The van der Waals surface area contributed by atoms with E-state index >= 15 is 0 Å². The van der Waals surface area contributed by atoms with Gasteiger partial charge in [0.25, 0.3) is 0 Å². The Kier molecular flexibility index (Phi) is 2.76. The molecule has 2 amide bonds. The van der Waals surface area contributed by atoms with Gasteiger partial charge in [0.05, 0.1) is 12.5 Å². The maximum absolute atomic E-state index is 11.5. The number of carbonyl (C=O) groups excluding carboxylic acids is 1. The number of aromatic nitrogens is 2. The number of nitrogens with zero attached hydrogens (tertiary/aromatic N) is 2. The maximum Gasteiger partial charge on any atom is 0.317 e. The summed E-state index contributed by atoms with van der Waals surface area (Å²) in [5, 5.41) is 11.3. The molecule has 0 radical (unpaired) electrons. The van der Waals surface area contributed by atoms with Crippen molar-refractivity contribution in [2.24, 2.45) is 5.92 Å². The van der Waals surface area contributed by atoms with Crippen LogP contribution in [0.5, 0.6) is 0 Å². The molecule has 2 rings (SSSR count). The second-order valence-electron chi connectivity index (χ2n) is 3.63. The Morgan fingerprint density at radius 3 is 2.94 bits per heavy atom. The Labute approximate surface area is 91.5 Å². The van der Waals surface area contributed by atoms with E-state index < -0.39 is 11.9 Å². The summed E-state index contributed by atoms with van der Waals surface area (Å²) in [6.45, 7) is 0.874. The normalized spacial score (nSPS) is 15.6. The summed E-state index contributed by atoms with van der Waals surface area (Å²) in [4.78, 5) is 30.3. The minimum Gasteiger partial charge on any atom is -0.481 e. The Balaban J connectivity index is 1.72. The van der Waals surface area contributed by atoms with Crippen molar-refractivity contribution >= 4 is 12.0 Å². The first-order chi connectivity index (χ1) is 7.66. The molecule has 1 saturated heterocycles.